The summed E-state index contributed by atoms with van der Waals surface area (Å²) in [6.07, 6.45) is 4.33. The van der Waals surface area contributed by atoms with Gasteiger partial charge in [0.2, 0.25) is 5.95 Å². The Kier molecular flexibility index (Phi) is 6.08. The maximum atomic E-state index is 9.57. The minimum Gasteiger partial charge on any atom is -0.394 e. The molecule has 0 aliphatic heterocycles. The highest BCUT2D eigenvalue weighted by atomic mass is 16.3. The van der Waals surface area contributed by atoms with Crippen LogP contribution in [0.2, 0.25) is 0 Å². The van der Waals surface area contributed by atoms with Gasteiger partial charge in [-0.1, -0.05) is 25.1 Å². The number of fused-ring (bicyclic) bond motifs is 1. The fraction of sp³-hybridized carbons (Fsp3) is 0.304. The van der Waals surface area contributed by atoms with E-state index in [9.17, 15) is 5.11 Å². The third-order valence-electron chi connectivity index (χ3n) is 5.13. The van der Waals surface area contributed by atoms with Gasteiger partial charge in [-0.3, -0.25) is 4.98 Å². The quantitative estimate of drug-likeness (QED) is 0.391. The van der Waals surface area contributed by atoms with Crippen molar-refractivity contribution < 1.29 is 5.11 Å². The number of rotatable bonds is 8. The predicted octanol–water partition coefficient (Wildman–Crippen LogP) is 4.40. The van der Waals surface area contributed by atoms with Crippen molar-refractivity contribution in [2.75, 3.05) is 17.2 Å². The van der Waals surface area contributed by atoms with Crippen LogP contribution in [0.3, 0.4) is 0 Å². The molecule has 0 spiro atoms. The van der Waals surface area contributed by atoms with Crippen LogP contribution in [0.1, 0.15) is 33.2 Å². The molecular formula is C23H27N7O. The summed E-state index contributed by atoms with van der Waals surface area (Å²) in [4.78, 5) is 18.3. The van der Waals surface area contributed by atoms with Gasteiger partial charge in [0.25, 0.3) is 0 Å². The van der Waals surface area contributed by atoms with Crippen molar-refractivity contribution in [1.82, 2.24) is 24.5 Å². The summed E-state index contributed by atoms with van der Waals surface area (Å²) < 4.78 is 2.01. The van der Waals surface area contributed by atoms with Gasteiger partial charge >= 0.3 is 0 Å². The fourth-order valence-electron chi connectivity index (χ4n) is 3.30. The molecule has 0 fully saturated rings. The number of pyridine rings is 1. The Morgan fingerprint density at radius 2 is 1.84 bits per heavy atom. The van der Waals surface area contributed by atoms with Crippen molar-refractivity contribution in [3.63, 3.8) is 0 Å². The number of anilines is 3. The van der Waals surface area contributed by atoms with Crippen molar-refractivity contribution in [2.24, 2.45) is 0 Å². The Bertz CT molecular complexity index is 1140. The molecule has 0 aliphatic carbocycles. The van der Waals surface area contributed by atoms with Gasteiger partial charge in [0.05, 0.1) is 24.7 Å². The summed E-state index contributed by atoms with van der Waals surface area (Å²) >= 11 is 0. The molecule has 0 aliphatic rings. The zero-order valence-electron chi connectivity index (χ0n) is 17.9. The van der Waals surface area contributed by atoms with E-state index < -0.39 is 0 Å². The molecule has 1 aromatic carbocycles. The molecule has 8 heteroatoms. The van der Waals surface area contributed by atoms with Crippen LogP contribution in [-0.4, -0.2) is 42.3 Å². The Balaban J connectivity index is 1.68. The van der Waals surface area contributed by atoms with E-state index in [1.165, 1.54) is 0 Å². The average Bonchev–Trinajstić information content (AvgIpc) is 3.23. The summed E-state index contributed by atoms with van der Waals surface area (Å²) in [5.74, 6) is 1.08. The Morgan fingerprint density at radius 3 is 2.48 bits per heavy atom. The highest BCUT2D eigenvalue weighted by Crippen LogP contribution is 2.27. The van der Waals surface area contributed by atoms with Crippen molar-refractivity contribution in [2.45, 2.75) is 39.3 Å². The molecule has 4 aromatic rings. The smallest absolute Gasteiger partial charge is 0.227 e. The van der Waals surface area contributed by atoms with Gasteiger partial charge in [-0.25, -0.2) is 4.98 Å². The number of aromatic nitrogens is 5. The van der Waals surface area contributed by atoms with E-state index >= 15 is 0 Å². The molecule has 3 aromatic heterocycles. The largest absolute Gasteiger partial charge is 0.394 e. The lowest BCUT2D eigenvalue weighted by atomic mass is 10.1. The van der Waals surface area contributed by atoms with E-state index in [2.05, 4.69) is 44.4 Å². The Labute approximate surface area is 181 Å². The van der Waals surface area contributed by atoms with Gasteiger partial charge in [-0.05, 0) is 44.5 Å². The van der Waals surface area contributed by atoms with Crippen LogP contribution in [0.5, 0.6) is 0 Å². The van der Waals surface area contributed by atoms with Gasteiger partial charge in [0.15, 0.2) is 17.0 Å². The first kappa shape index (κ1) is 20.7. The molecule has 0 unspecified atom stereocenters. The highest BCUT2D eigenvalue weighted by molar-refractivity contribution is 5.86. The van der Waals surface area contributed by atoms with Crippen LogP contribution in [0.4, 0.5) is 17.5 Å². The summed E-state index contributed by atoms with van der Waals surface area (Å²) in [6.45, 7) is 6.19. The second kappa shape index (κ2) is 9.09. The van der Waals surface area contributed by atoms with Crippen LogP contribution in [0, 0.1) is 0 Å². The fourth-order valence-corrected chi connectivity index (χ4v) is 3.30. The summed E-state index contributed by atoms with van der Waals surface area (Å²) in [5.41, 5.74) is 4.30. The number of nitrogens with zero attached hydrogens (tertiary/aromatic N) is 5. The SMILES string of the molecule is CC[C@@H](CO)Nc1nc(Nc2ccc(-c3ccccn3)cc2)c2ncn(C(C)C)c2n1. The van der Waals surface area contributed by atoms with E-state index in [4.69, 9.17) is 0 Å². The number of hydrogen-bond acceptors (Lipinski definition) is 7. The molecule has 31 heavy (non-hydrogen) atoms. The van der Waals surface area contributed by atoms with Gasteiger partial charge in [0, 0.05) is 23.5 Å². The molecule has 0 saturated heterocycles. The summed E-state index contributed by atoms with van der Waals surface area (Å²) in [5, 5.41) is 16.2. The van der Waals surface area contributed by atoms with Crippen molar-refractivity contribution >= 4 is 28.6 Å². The van der Waals surface area contributed by atoms with Crippen LogP contribution in [0.25, 0.3) is 22.4 Å². The molecule has 160 valence electrons. The van der Waals surface area contributed by atoms with Gasteiger partial charge in [-0.15, -0.1) is 0 Å². The zero-order chi connectivity index (χ0) is 21.8. The second-order valence-corrected chi connectivity index (χ2v) is 7.66. The van der Waals surface area contributed by atoms with Crippen LogP contribution >= 0.6 is 0 Å². The van der Waals surface area contributed by atoms with E-state index in [0.717, 1.165) is 29.0 Å². The Morgan fingerprint density at radius 1 is 1.03 bits per heavy atom. The maximum absolute atomic E-state index is 9.57. The lowest BCUT2D eigenvalue weighted by Gasteiger charge is -2.16. The minimum absolute atomic E-state index is 0.0130. The number of aliphatic hydroxyl groups excluding tert-OH is 1. The normalized spacial score (nSPS) is 12.3. The summed E-state index contributed by atoms with van der Waals surface area (Å²) in [6, 6.07) is 14.0. The molecule has 3 N–H and O–H groups in total. The number of benzene rings is 1. The third kappa shape index (κ3) is 4.49. The predicted molar refractivity (Wildman–Crippen MR) is 123 cm³/mol. The van der Waals surface area contributed by atoms with E-state index in [1.54, 1.807) is 12.5 Å². The minimum atomic E-state index is -0.113. The van der Waals surface area contributed by atoms with Crippen LogP contribution in [0.15, 0.2) is 55.0 Å². The number of aliphatic hydroxyl groups is 1. The zero-order valence-corrected chi connectivity index (χ0v) is 17.9. The number of imidazole rings is 1. The molecule has 8 nitrogen and oxygen atoms in total. The molecule has 0 amide bonds. The lowest BCUT2D eigenvalue weighted by molar-refractivity contribution is 0.271. The lowest BCUT2D eigenvalue weighted by Crippen LogP contribution is -2.24. The Hall–Kier alpha value is -3.52. The monoisotopic (exact) mass is 417 g/mol. The summed E-state index contributed by atoms with van der Waals surface area (Å²) in [7, 11) is 0. The maximum Gasteiger partial charge on any atom is 0.227 e. The van der Waals surface area contributed by atoms with E-state index in [-0.39, 0.29) is 18.7 Å². The van der Waals surface area contributed by atoms with Gasteiger partial charge in [-0.2, -0.15) is 9.97 Å². The van der Waals surface area contributed by atoms with E-state index in [0.29, 0.717) is 17.3 Å². The van der Waals surface area contributed by atoms with Crippen molar-refractivity contribution in [3.05, 3.63) is 55.0 Å². The van der Waals surface area contributed by atoms with Crippen molar-refractivity contribution in [3.8, 4) is 11.3 Å². The van der Waals surface area contributed by atoms with Crippen LogP contribution < -0.4 is 10.6 Å². The van der Waals surface area contributed by atoms with Gasteiger partial charge in [0.1, 0.15) is 0 Å². The molecular weight excluding hydrogens is 390 g/mol. The topological polar surface area (TPSA) is 101 Å². The first-order chi connectivity index (χ1) is 15.1. The third-order valence-corrected chi connectivity index (χ3v) is 5.13. The average molecular weight is 418 g/mol. The highest BCUT2D eigenvalue weighted by Gasteiger charge is 2.16. The molecule has 3 heterocycles. The van der Waals surface area contributed by atoms with Crippen LogP contribution in [-0.2, 0) is 0 Å². The van der Waals surface area contributed by atoms with Crippen molar-refractivity contribution in [1.29, 1.82) is 0 Å². The molecule has 4 rings (SSSR count). The number of nitrogens with one attached hydrogen (secondary N) is 2. The molecule has 0 bridgehead atoms. The van der Waals surface area contributed by atoms with Gasteiger partial charge < -0.3 is 20.3 Å². The first-order valence-electron chi connectivity index (χ1n) is 10.5. The number of hydrogen-bond donors (Lipinski definition) is 3. The standard InChI is InChI=1S/C23H27N7O/c1-4-17(13-31)27-23-28-21(20-22(29-23)30(14-25-20)15(2)3)26-18-10-8-16(9-11-18)19-7-5-6-12-24-19/h5-12,14-15,17,31H,4,13H2,1-3H3,(H2,26,27,28,29)/t17-/m0/s1. The van der Waals surface area contributed by atoms with E-state index in [1.807, 2.05) is 54.0 Å². The molecule has 0 radical (unpaired) electrons. The first-order valence-corrected chi connectivity index (χ1v) is 10.5. The molecule has 0 saturated carbocycles. The molecule has 1 atom stereocenters. The second-order valence-electron chi connectivity index (χ2n) is 7.66.